The van der Waals surface area contributed by atoms with Crippen LogP contribution < -0.4 is 10.5 Å². The molecule has 0 saturated carbocycles. The van der Waals surface area contributed by atoms with Gasteiger partial charge < -0.3 is 10.5 Å². The number of ether oxygens (including phenoxy) is 1. The summed E-state index contributed by atoms with van der Waals surface area (Å²) in [6.07, 6.45) is 1.02. The lowest BCUT2D eigenvalue weighted by atomic mass is 10.1. The lowest BCUT2D eigenvalue weighted by molar-refractivity contribution is 0.251. The second-order valence-corrected chi connectivity index (χ2v) is 4.21. The lowest BCUT2D eigenvalue weighted by Gasteiger charge is -2.15. The van der Waals surface area contributed by atoms with E-state index in [0.717, 1.165) is 25.3 Å². The molecule has 92 valence electrons. The number of rotatable bonds is 5. The number of hydrogen-bond donors (Lipinski definition) is 1. The van der Waals surface area contributed by atoms with E-state index in [1.807, 2.05) is 0 Å². The molecule has 2 N–H and O–H groups in total. The highest BCUT2D eigenvalue weighted by Crippen LogP contribution is 2.23. The van der Waals surface area contributed by atoms with Gasteiger partial charge in [-0.1, -0.05) is 25.1 Å². The van der Waals surface area contributed by atoms with Gasteiger partial charge in [0.1, 0.15) is 5.75 Å². The maximum absolute atomic E-state index is 5.83. The van der Waals surface area contributed by atoms with Gasteiger partial charge in [-0.15, -0.1) is 12.4 Å². The van der Waals surface area contributed by atoms with Crippen LogP contribution >= 0.6 is 12.4 Å². The Hall–Kier alpha value is -0.730. The Morgan fingerprint density at radius 1 is 1.25 bits per heavy atom. The first-order valence-electron chi connectivity index (χ1n) is 5.54. The molecule has 0 fully saturated rings. The zero-order chi connectivity index (χ0) is 11.3. The Balaban J connectivity index is 0.00000225. The largest absolute Gasteiger partial charge is 0.493 e. The number of benzene rings is 1. The van der Waals surface area contributed by atoms with Crippen LogP contribution in [0.1, 0.15) is 24.5 Å². The highest BCUT2D eigenvalue weighted by atomic mass is 35.5. The minimum absolute atomic E-state index is 0. The van der Waals surface area contributed by atoms with E-state index in [-0.39, 0.29) is 12.4 Å². The summed E-state index contributed by atoms with van der Waals surface area (Å²) in [6.45, 7) is 7.81. The first kappa shape index (κ1) is 15.3. The van der Waals surface area contributed by atoms with Gasteiger partial charge in [0, 0.05) is 0 Å². The predicted molar refractivity (Wildman–Crippen MR) is 71.5 cm³/mol. The molecule has 0 saturated heterocycles. The highest BCUT2D eigenvalue weighted by molar-refractivity contribution is 5.85. The van der Waals surface area contributed by atoms with E-state index in [0.29, 0.717) is 5.92 Å². The molecule has 0 aliphatic heterocycles. The van der Waals surface area contributed by atoms with E-state index < -0.39 is 0 Å². The SMILES string of the molecule is Cc1cccc(C)c1OC[C@H](C)CCN.Cl. The van der Waals surface area contributed by atoms with Crippen molar-refractivity contribution in [3.8, 4) is 5.75 Å². The van der Waals surface area contributed by atoms with Crippen LogP contribution in [0.5, 0.6) is 5.75 Å². The minimum Gasteiger partial charge on any atom is -0.493 e. The molecule has 0 aromatic heterocycles. The maximum atomic E-state index is 5.83. The fourth-order valence-corrected chi connectivity index (χ4v) is 1.62. The smallest absolute Gasteiger partial charge is 0.125 e. The van der Waals surface area contributed by atoms with Crippen molar-refractivity contribution in [3.05, 3.63) is 29.3 Å². The van der Waals surface area contributed by atoms with Gasteiger partial charge >= 0.3 is 0 Å². The molecule has 1 aromatic carbocycles. The van der Waals surface area contributed by atoms with E-state index in [1.165, 1.54) is 11.1 Å². The lowest BCUT2D eigenvalue weighted by Crippen LogP contribution is -2.14. The third kappa shape index (κ3) is 4.42. The highest BCUT2D eigenvalue weighted by Gasteiger charge is 2.06. The van der Waals surface area contributed by atoms with Gasteiger partial charge in [0.25, 0.3) is 0 Å². The summed E-state index contributed by atoms with van der Waals surface area (Å²) in [5.41, 5.74) is 7.91. The summed E-state index contributed by atoms with van der Waals surface area (Å²) < 4.78 is 5.83. The monoisotopic (exact) mass is 243 g/mol. The molecule has 1 rings (SSSR count). The molecule has 0 bridgehead atoms. The average Bonchev–Trinajstić information content (AvgIpc) is 2.17. The van der Waals surface area contributed by atoms with Crippen LogP contribution in [0, 0.1) is 19.8 Å². The molecular formula is C13H22ClNO. The van der Waals surface area contributed by atoms with Gasteiger partial charge in [0.2, 0.25) is 0 Å². The van der Waals surface area contributed by atoms with Crippen LogP contribution in [0.25, 0.3) is 0 Å². The Bertz CT molecular complexity index is 295. The fraction of sp³-hybridized carbons (Fsp3) is 0.538. The Labute approximate surface area is 105 Å². The summed E-state index contributed by atoms with van der Waals surface area (Å²) in [5, 5.41) is 0. The summed E-state index contributed by atoms with van der Waals surface area (Å²) in [5.74, 6) is 1.55. The van der Waals surface area contributed by atoms with E-state index >= 15 is 0 Å². The van der Waals surface area contributed by atoms with E-state index in [1.54, 1.807) is 0 Å². The van der Waals surface area contributed by atoms with Gasteiger partial charge in [-0.3, -0.25) is 0 Å². The summed E-state index contributed by atoms with van der Waals surface area (Å²) in [7, 11) is 0. The molecule has 0 aliphatic carbocycles. The van der Waals surface area contributed by atoms with Crippen molar-refractivity contribution in [1.29, 1.82) is 0 Å². The number of para-hydroxylation sites is 1. The molecule has 1 aromatic rings. The zero-order valence-corrected chi connectivity index (χ0v) is 11.1. The molecule has 0 radical (unpaired) electrons. The third-order valence-corrected chi connectivity index (χ3v) is 2.58. The maximum Gasteiger partial charge on any atom is 0.125 e. The molecule has 0 spiro atoms. The Morgan fingerprint density at radius 2 is 1.81 bits per heavy atom. The Kier molecular flexibility index (Phi) is 7.18. The molecule has 0 unspecified atom stereocenters. The van der Waals surface area contributed by atoms with Crippen molar-refractivity contribution >= 4 is 12.4 Å². The van der Waals surface area contributed by atoms with E-state index in [4.69, 9.17) is 10.5 Å². The van der Waals surface area contributed by atoms with Crippen molar-refractivity contribution < 1.29 is 4.74 Å². The third-order valence-electron chi connectivity index (χ3n) is 2.58. The fourth-order valence-electron chi connectivity index (χ4n) is 1.62. The predicted octanol–water partition coefficient (Wildman–Crippen LogP) is 3.09. The normalized spacial score (nSPS) is 11.8. The zero-order valence-electron chi connectivity index (χ0n) is 10.3. The molecular weight excluding hydrogens is 222 g/mol. The van der Waals surface area contributed by atoms with Crippen LogP contribution in [0.2, 0.25) is 0 Å². The van der Waals surface area contributed by atoms with E-state index in [9.17, 15) is 0 Å². The topological polar surface area (TPSA) is 35.2 Å². The van der Waals surface area contributed by atoms with Gasteiger partial charge in [0.05, 0.1) is 6.61 Å². The van der Waals surface area contributed by atoms with Gasteiger partial charge in [-0.25, -0.2) is 0 Å². The molecule has 0 amide bonds. The van der Waals surface area contributed by atoms with Crippen LogP contribution in [-0.4, -0.2) is 13.2 Å². The number of hydrogen-bond acceptors (Lipinski definition) is 2. The first-order chi connectivity index (χ1) is 7.15. The van der Waals surface area contributed by atoms with Crippen LogP contribution in [-0.2, 0) is 0 Å². The molecule has 16 heavy (non-hydrogen) atoms. The summed E-state index contributed by atoms with van der Waals surface area (Å²) in [6, 6.07) is 6.21. The first-order valence-corrected chi connectivity index (χ1v) is 5.54. The van der Waals surface area contributed by atoms with Crippen LogP contribution in [0.15, 0.2) is 18.2 Å². The molecule has 3 heteroatoms. The van der Waals surface area contributed by atoms with Crippen molar-refractivity contribution in [2.75, 3.05) is 13.2 Å². The second kappa shape index (κ2) is 7.53. The summed E-state index contributed by atoms with van der Waals surface area (Å²) in [4.78, 5) is 0. The summed E-state index contributed by atoms with van der Waals surface area (Å²) >= 11 is 0. The Morgan fingerprint density at radius 3 is 2.31 bits per heavy atom. The molecule has 2 nitrogen and oxygen atoms in total. The minimum atomic E-state index is 0. The molecule has 0 heterocycles. The quantitative estimate of drug-likeness (QED) is 0.863. The van der Waals surface area contributed by atoms with Crippen LogP contribution in [0.4, 0.5) is 0 Å². The molecule has 0 aliphatic rings. The van der Waals surface area contributed by atoms with Gasteiger partial charge in [-0.2, -0.15) is 0 Å². The number of aryl methyl sites for hydroxylation is 2. The van der Waals surface area contributed by atoms with E-state index in [2.05, 4.69) is 39.0 Å². The molecule has 1 atom stereocenters. The number of halogens is 1. The van der Waals surface area contributed by atoms with Crippen molar-refractivity contribution in [3.63, 3.8) is 0 Å². The standard InChI is InChI=1S/C13H21NO.ClH/c1-10(7-8-14)9-15-13-11(2)5-4-6-12(13)3;/h4-6,10H,7-9,14H2,1-3H3;1H/t10-;/m1./s1. The van der Waals surface area contributed by atoms with Crippen molar-refractivity contribution in [1.82, 2.24) is 0 Å². The van der Waals surface area contributed by atoms with Gasteiger partial charge in [0.15, 0.2) is 0 Å². The van der Waals surface area contributed by atoms with Crippen molar-refractivity contribution in [2.24, 2.45) is 11.7 Å². The number of nitrogens with two attached hydrogens (primary N) is 1. The van der Waals surface area contributed by atoms with Crippen molar-refractivity contribution in [2.45, 2.75) is 27.2 Å². The van der Waals surface area contributed by atoms with Gasteiger partial charge in [-0.05, 0) is 43.9 Å². The van der Waals surface area contributed by atoms with Crippen LogP contribution in [0.3, 0.4) is 0 Å². The average molecular weight is 244 g/mol. The second-order valence-electron chi connectivity index (χ2n) is 4.21.